The minimum Gasteiger partial charge on any atom is -0.296 e. The Morgan fingerprint density at radius 3 is 2.94 bits per heavy atom. The molecule has 2 heterocycles. The van der Waals surface area contributed by atoms with Gasteiger partial charge in [-0.25, -0.2) is 9.97 Å². The zero-order valence-corrected chi connectivity index (χ0v) is 10.2. The Balaban J connectivity index is 2.25. The first kappa shape index (κ1) is 11.6. The second-order valence-electron chi connectivity index (χ2n) is 3.67. The Labute approximate surface area is 102 Å². The summed E-state index contributed by atoms with van der Waals surface area (Å²) in [5, 5.41) is 10.5. The summed E-state index contributed by atoms with van der Waals surface area (Å²) in [5.74, 6) is -0.0979. The van der Waals surface area contributed by atoms with Gasteiger partial charge in [0, 0.05) is 6.20 Å². The third kappa shape index (κ3) is 2.62. The Kier molecular flexibility index (Phi) is 3.38. The summed E-state index contributed by atoms with van der Waals surface area (Å²) >= 11 is 1.27. The van der Waals surface area contributed by atoms with Crippen molar-refractivity contribution in [3.05, 3.63) is 29.3 Å². The van der Waals surface area contributed by atoms with Crippen molar-refractivity contribution in [1.82, 2.24) is 20.2 Å². The van der Waals surface area contributed by atoms with Crippen molar-refractivity contribution in [3.8, 4) is 0 Å². The van der Waals surface area contributed by atoms with Crippen molar-refractivity contribution in [1.29, 1.82) is 0 Å². The van der Waals surface area contributed by atoms with E-state index in [-0.39, 0.29) is 11.8 Å². The molecule has 88 valence electrons. The zero-order valence-electron chi connectivity index (χ0n) is 9.41. The number of amides is 1. The van der Waals surface area contributed by atoms with E-state index in [9.17, 15) is 4.79 Å². The summed E-state index contributed by atoms with van der Waals surface area (Å²) in [6, 6.07) is 0. The Hall–Kier alpha value is -1.89. The van der Waals surface area contributed by atoms with Gasteiger partial charge < -0.3 is 0 Å². The van der Waals surface area contributed by atoms with Crippen LogP contribution >= 0.6 is 11.3 Å². The van der Waals surface area contributed by atoms with Crippen LogP contribution in [0.25, 0.3) is 0 Å². The van der Waals surface area contributed by atoms with E-state index in [0.29, 0.717) is 10.7 Å². The number of carbonyl (C=O) groups excluding carboxylic acids is 1. The highest BCUT2D eigenvalue weighted by Gasteiger charge is 2.16. The molecule has 2 rings (SSSR count). The van der Waals surface area contributed by atoms with E-state index >= 15 is 0 Å². The molecule has 0 aliphatic rings. The van der Waals surface area contributed by atoms with Crippen molar-refractivity contribution in [2.75, 3.05) is 5.32 Å². The molecular formula is C10H11N5OS. The van der Waals surface area contributed by atoms with Crippen LogP contribution in [0.5, 0.6) is 0 Å². The maximum absolute atomic E-state index is 12.0. The summed E-state index contributed by atoms with van der Waals surface area (Å²) in [4.78, 5) is 20.0. The highest BCUT2D eigenvalue weighted by Crippen LogP contribution is 2.17. The minimum absolute atomic E-state index is 0.160. The van der Waals surface area contributed by atoms with E-state index in [1.54, 1.807) is 5.51 Å². The standard InChI is InChI=1S/C10H11N5OS/c1-6(2)8-7(3-11-4-12-8)9(16)14-10-15-13-5-17-10/h3-6H,1-2H3,(H,14,15,16). The summed E-state index contributed by atoms with van der Waals surface area (Å²) < 4.78 is 0. The molecule has 0 aliphatic heterocycles. The lowest BCUT2D eigenvalue weighted by Gasteiger charge is -2.09. The monoisotopic (exact) mass is 249 g/mol. The number of hydrogen-bond acceptors (Lipinski definition) is 6. The summed E-state index contributed by atoms with van der Waals surface area (Å²) in [6.07, 6.45) is 2.95. The van der Waals surface area contributed by atoms with Crippen LogP contribution in [0, 0.1) is 0 Å². The van der Waals surface area contributed by atoms with E-state index in [2.05, 4.69) is 25.5 Å². The van der Waals surface area contributed by atoms with E-state index in [1.807, 2.05) is 13.8 Å². The predicted molar refractivity (Wildman–Crippen MR) is 64.0 cm³/mol. The molecule has 0 aromatic carbocycles. The fourth-order valence-corrected chi connectivity index (χ4v) is 1.81. The van der Waals surface area contributed by atoms with Crippen LogP contribution in [-0.4, -0.2) is 26.1 Å². The van der Waals surface area contributed by atoms with Crippen molar-refractivity contribution in [3.63, 3.8) is 0 Å². The van der Waals surface area contributed by atoms with Gasteiger partial charge in [0.05, 0.1) is 11.3 Å². The molecule has 0 unspecified atom stereocenters. The smallest absolute Gasteiger partial charge is 0.260 e. The topological polar surface area (TPSA) is 80.7 Å². The third-order valence-electron chi connectivity index (χ3n) is 2.12. The summed E-state index contributed by atoms with van der Waals surface area (Å²) in [7, 11) is 0. The molecule has 0 atom stereocenters. The first-order valence-electron chi connectivity index (χ1n) is 5.06. The molecule has 7 heteroatoms. The van der Waals surface area contributed by atoms with Crippen molar-refractivity contribution < 1.29 is 4.79 Å². The van der Waals surface area contributed by atoms with E-state index < -0.39 is 0 Å². The van der Waals surface area contributed by atoms with Crippen LogP contribution in [0.1, 0.15) is 35.8 Å². The summed E-state index contributed by atoms with van der Waals surface area (Å²) in [6.45, 7) is 3.95. The maximum atomic E-state index is 12.0. The average molecular weight is 249 g/mol. The van der Waals surface area contributed by atoms with E-state index in [4.69, 9.17) is 0 Å². The highest BCUT2D eigenvalue weighted by atomic mass is 32.1. The van der Waals surface area contributed by atoms with Gasteiger partial charge in [-0.2, -0.15) is 0 Å². The normalized spacial score (nSPS) is 10.5. The van der Waals surface area contributed by atoms with Crippen molar-refractivity contribution >= 4 is 22.4 Å². The van der Waals surface area contributed by atoms with Gasteiger partial charge in [0.15, 0.2) is 0 Å². The Morgan fingerprint density at radius 1 is 1.47 bits per heavy atom. The van der Waals surface area contributed by atoms with Crippen LogP contribution < -0.4 is 5.32 Å². The highest BCUT2D eigenvalue weighted by molar-refractivity contribution is 7.13. The fraction of sp³-hybridized carbons (Fsp3) is 0.300. The number of nitrogens with one attached hydrogen (secondary N) is 1. The molecular weight excluding hydrogens is 238 g/mol. The molecule has 0 aliphatic carbocycles. The van der Waals surface area contributed by atoms with Gasteiger partial charge in [0.1, 0.15) is 11.8 Å². The number of carbonyl (C=O) groups is 1. The minimum atomic E-state index is -0.258. The van der Waals surface area contributed by atoms with Crippen LogP contribution in [0.4, 0.5) is 5.13 Å². The van der Waals surface area contributed by atoms with E-state index in [0.717, 1.165) is 5.69 Å². The van der Waals surface area contributed by atoms with Crippen LogP contribution in [0.2, 0.25) is 0 Å². The van der Waals surface area contributed by atoms with Gasteiger partial charge >= 0.3 is 0 Å². The molecule has 0 saturated carbocycles. The second-order valence-corrected chi connectivity index (χ2v) is 4.51. The molecule has 0 bridgehead atoms. The van der Waals surface area contributed by atoms with Gasteiger partial charge in [-0.1, -0.05) is 25.2 Å². The van der Waals surface area contributed by atoms with Crippen molar-refractivity contribution in [2.24, 2.45) is 0 Å². The molecule has 0 saturated heterocycles. The molecule has 2 aromatic heterocycles. The Morgan fingerprint density at radius 2 is 2.29 bits per heavy atom. The zero-order chi connectivity index (χ0) is 12.3. The predicted octanol–water partition coefficient (Wildman–Crippen LogP) is 1.70. The van der Waals surface area contributed by atoms with Crippen LogP contribution in [-0.2, 0) is 0 Å². The van der Waals surface area contributed by atoms with Crippen LogP contribution in [0.15, 0.2) is 18.0 Å². The van der Waals surface area contributed by atoms with Gasteiger partial charge in [0.2, 0.25) is 5.13 Å². The lowest BCUT2D eigenvalue weighted by atomic mass is 10.1. The van der Waals surface area contributed by atoms with E-state index in [1.165, 1.54) is 23.9 Å². The van der Waals surface area contributed by atoms with Crippen LogP contribution in [0.3, 0.4) is 0 Å². The molecule has 0 radical (unpaired) electrons. The number of aromatic nitrogens is 4. The maximum Gasteiger partial charge on any atom is 0.260 e. The fourth-order valence-electron chi connectivity index (χ4n) is 1.37. The average Bonchev–Trinajstić information content (AvgIpc) is 2.81. The molecule has 6 nitrogen and oxygen atoms in total. The largest absolute Gasteiger partial charge is 0.296 e. The molecule has 0 spiro atoms. The summed E-state index contributed by atoms with van der Waals surface area (Å²) in [5.41, 5.74) is 2.75. The Bertz CT molecular complexity index is 511. The molecule has 2 aromatic rings. The SMILES string of the molecule is CC(C)c1ncncc1C(=O)Nc1nncs1. The number of nitrogens with zero attached hydrogens (tertiary/aromatic N) is 4. The molecule has 1 amide bonds. The molecule has 17 heavy (non-hydrogen) atoms. The van der Waals surface area contributed by atoms with Gasteiger partial charge in [0.25, 0.3) is 5.91 Å². The first-order chi connectivity index (χ1) is 8.18. The molecule has 1 N–H and O–H groups in total. The number of rotatable bonds is 3. The lowest BCUT2D eigenvalue weighted by molar-refractivity contribution is 0.102. The first-order valence-corrected chi connectivity index (χ1v) is 5.94. The third-order valence-corrected chi connectivity index (χ3v) is 2.72. The van der Waals surface area contributed by atoms with Crippen molar-refractivity contribution in [2.45, 2.75) is 19.8 Å². The lowest BCUT2D eigenvalue weighted by Crippen LogP contribution is -2.16. The van der Waals surface area contributed by atoms with Gasteiger partial charge in [-0.15, -0.1) is 10.2 Å². The second kappa shape index (κ2) is 4.96. The number of hydrogen-bond donors (Lipinski definition) is 1. The molecule has 0 fully saturated rings. The quantitative estimate of drug-likeness (QED) is 0.895. The van der Waals surface area contributed by atoms with Gasteiger partial charge in [-0.3, -0.25) is 10.1 Å². The number of anilines is 1. The van der Waals surface area contributed by atoms with Gasteiger partial charge in [-0.05, 0) is 5.92 Å².